The summed E-state index contributed by atoms with van der Waals surface area (Å²) in [5, 5.41) is 9.32. The lowest BCUT2D eigenvalue weighted by Gasteiger charge is -2.35. The molecule has 104 valence electrons. The molecule has 1 N–H and O–H groups in total. The summed E-state index contributed by atoms with van der Waals surface area (Å²) in [6.45, 7) is 3.06. The van der Waals surface area contributed by atoms with Crippen LogP contribution < -0.4 is 4.90 Å². The Morgan fingerprint density at radius 2 is 2.05 bits per heavy atom. The van der Waals surface area contributed by atoms with Gasteiger partial charge < -0.3 is 10.0 Å². The van der Waals surface area contributed by atoms with E-state index in [9.17, 15) is 4.79 Å². The molecule has 1 aromatic rings. The fourth-order valence-electron chi connectivity index (χ4n) is 2.90. The van der Waals surface area contributed by atoms with Gasteiger partial charge in [-0.2, -0.15) is 0 Å². The maximum atomic E-state index is 11.0. The van der Waals surface area contributed by atoms with Gasteiger partial charge in [-0.05, 0) is 38.0 Å². The zero-order valence-corrected chi connectivity index (χ0v) is 12.0. The highest BCUT2D eigenvalue weighted by Gasteiger charge is 2.21. The molecule has 0 amide bonds. The van der Waals surface area contributed by atoms with Crippen LogP contribution in [0.15, 0.2) is 18.2 Å². The first-order valence-corrected chi connectivity index (χ1v) is 7.30. The van der Waals surface area contributed by atoms with Gasteiger partial charge in [0.05, 0.1) is 10.6 Å². The van der Waals surface area contributed by atoms with E-state index in [0.29, 0.717) is 11.1 Å². The van der Waals surface area contributed by atoms with Gasteiger partial charge in [-0.3, -0.25) is 0 Å². The smallest absolute Gasteiger partial charge is 0.337 e. The molecule has 0 aliphatic heterocycles. The highest BCUT2D eigenvalue weighted by Crippen LogP contribution is 2.30. The van der Waals surface area contributed by atoms with Crippen molar-refractivity contribution in [2.45, 2.75) is 45.1 Å². The van der Waals surface area contributed by atoms with Crippen LogP contribution in [0.3, 0.4) is 0 Å². The number of carbonyl (C=O) groups is 1. The van der Waals surface area contributed by atoms with E-state index in [0.717, 1.165) is 12.2 Å². The van der Waals surface area contributed by atoms with Gasteiger partial charge in [0.1, 0.15) is 0 Å². The lowest BCUT2D eigenvalue weighted by Crippen LogP contribution is -2.36. The summed E-state index contributed by atoms with van der Waals surface area (Å²) in [5.74, 6) is -0.975. The Kier molecular flexibility index (Phi) is 4.70. The SMILES string of the molecule is CCN(c1ccc(C(=O)O)c(Cl)c1)C1CCCCC1. The molecule has 1 fully saturated rings. The van der Waals surface area contributed by atoms with Crippen molar-refractivity contribution in [3.8, 4) is 0 Å². The van der Waals surface area contributed by atoms with Gasteiger partial charge in [0.15, 0.2) is 0 Å². The van der Waals surface area contributed by atoms with Crippen LogP contribution in [0.1, 0.15) is 49.4 Å². The minimum Gasteiger partial charge on any atom is -0.478 e. The van der Waals surface area contributed by atoms with Crippen LogP contribution in [0.2, 0.25) is 5.02 Å². The van der Waals surface area contributed by atoms with E-state index in [1.807, 2.05) is 6.07 Å². The van der Waals surface area contributed by atoms with Crippen molar-refractivity contribution in [1.82, 2.24) is 0 Å². The highest BCUT2D eigenvalue weighted by molar-refractivity contribution is 6.33. The molecule has 1 aliphatic carbocycles. The first kappa shape index (κ1) is 14.2. The number of nitrogens with zero attached hydrogens (tertiary/aromatic N) is 1. The predicted octanol–water partition coefficient (Wildman–Crippen LogP) is 4.20. The van der Waals surface area contributed by atoms with Gasteiger partial charge in [-0.15, -0.1) is 0 Å². The van der Waals surface area contributed by atoms with Crippen LogP contribution in [0.4, 0.5) is 5.69 Å². The van der Waals surface area contributed by atoms with Gasteiger partial charge in [0.25, 0.3) is 0 Å². The van der Waals surface area contributed by atoms with Crippen molar-refractivity contribution >= 4 is 23.3 Å². The van der Waals surface area contributed by atoms with E-state index < -0.39 is 5.97 Å². The number of hydrogen-bond donors (Lipinski definition) is 1. The van der Waals surface area contributed by atoms with Crippen LogP contribution in [0.5, 0.6) is 0 Å². The molecule has 0 bridgehead atoms. The van der Waals surface area contributed by atoms with Crippen molar-refractivity contribution in [2.75, 3.05) is 11.4 Å². The Bertz CT molecular complexity index is 455. The lowest BCUT2D eigenvalue weighted by molar-refractivity contribution is 0.0697. The number of hydrogen-bond acceptors (Lipinski definition) is 2. The van der Waals surface area contributed by atoms with Crippen LogP contribution in [-0.4, -0.2) is 23.7 Å². The van der Waals surface area contributed by atoms with E-state index in [1.165, 1.54) is 32.1 Å². The Morgan fingerprint density at radius 1 is 1.37 bits per heavy atom. The van der Waals surface area contributed by atoms with Crippen molar-refractivity contribution in [1.29, 1.82) is 0 Å². The van der Waals surface area contributed by atoms with Crippen LogP contribution >= 0.6 is 11.6 Å². The summed E-state index contributed by atoms with van der Waals surface area (Å²) in [6, 6.07) is 5.81. The second kappa shape index (κ2) is 6.29. The lowest BCUT2D eigenvalue weighted by atomic mass is 9.93. The molecule has 2 rings (SSSR count). The van der Waals surface area contributed by atoms with Gasteiger partial charge in [-0.25, -0.2) is 4.79 Å². The first-order chi connectivity index (χ1) is 9.13. The van der Waals surface area contributed by atoms with Gasteiger partial charge in [0, 0.05) is 18.3 Å². The fourth-order valence-corrected chi connectivity index (χ4v) is 3.16. The van der Waals surface area contributed by atoms with Gasteiger partial charge in [0.2, 0.25) is 0 Å². The maximum absolute atomic E-state index is 11.0. The summed E-state index contributed by atoms with van der Waals surface area (Å²) in [5.41, 5.74) is 1.20. The molecule has 19 heavy (non-hydrogen) atoms. The molecule has 0 spiro atoms. The average molecular weight is 282 g/mol. The molecule has 0 aromatic heterocycles. The average Bonchev–Trinajstić information content (AvgIpc) is 2.40. The highest BCUT2D eigenvalue weighted by atomic mass is 35.5. The quantitative estimate of drug-likeness (QED) is 0.899. The molecule has 0 radical (unpaired) electrons. The molecule has 1 aromatic carbocycles. The summed E-state index contributed by atoms with van der Waals surface area (Å²) >= 11 is 6.06. The molecular formula is C15H20ClNO2. The predicted molar refractivity (Wildman–Crippen MR) is 78.3 cm³/mol. The Morgan fingerprint density at radius 3 is 2.58 bits per heavy atom. The monoisotopic (exact) mass is 281 g/mol. The van der Waals surface area contributed by atoms with Gasteiger partial charge >= 0.3 is 5.97 Å². The number of carboxylic acid groups (broad SMARTS) is 1. The van der Waals surface area contributed by atoms with Crippen LogP contribution in [0.25, 0.3) is 0 Å². The standard InChI is InChI=1S/C15H20ClNO2/c1-2-17(11-6-4-3-5-7-11)12-8-9-13(15(18)19)14(16)10-12/h8-11H,2-7H2,1H3,(H,18,19). The number of halogens is 1. The topological polar surface area (TPSA) is 40.5 Å². The number of carboxylic acids is 1. The molecule has 3 nitrogen and oxygen atoms in total. The molecule has 0 heterocycles. The van der Waals surface area contributed by atoms with Crippen molar-refractivity contribution in [2.24, 2.45) is 0 Å². The summed E-state index contributed by atoms with van der Waals surface area (Å²) in [6.07, 6.45) is 6.31. The molecule has 4 heteroatoms. The molecule has 0 unspecified atom stereocenters. The van der Waals surface area contributed by atoms with Crippen molar-refractivity contribution < 1.29 is 9.90 Å². The summed E-state index contributed by atoms with van der Waals surface area (Å²) in [7, 11) is 0. The normalized spacial score (nSPS) is 16.3. The van der Waals surface area contributed by atoms with Gasteiger partial charge in [-0.1, -0.05) is 30.9 Å². The summed E-state index contributed by atoms with van der Waals surface area (Å²) < 4.78 is 0. The third kappa shape index (κ3) is 3.21. The van der Waals surface area contributed by atoms with Crippen LogP contribution in [-0.2, 0) is 0 Å². The molecule has 0 saturated heterocycles. The minimum atomic E-state index is -0.975. The van der Waals surface area contributed by atoms with E-state index in [4.69, 9.17) is 16.7 Å². The van der Waals surface area contributed by atoms with E-state index in [1.54, 1.807) is 12.1 Å². The van der Waals surface area contributed by atoms with E-state index >= 15 is 0 Å². The third-order valence-corrected chi connectivity index (χ3v) is 4.18. The Balaban J connectivity index is 2.23. The third-order valence-electron chi connectivity index (χ3n) is 3.87. The second-order valence-electron chi connectivity index (χ2n) is 5.05. The van der Waals surface area contributed by atoms with Crippen molar-refractivity contribution in [3.05, 3.63) is 28.8 Å². The van der Waals surface area contributed by atoms with E-state index in [2.05, 4.69) is 11.8 Å². The number of anilines is 1. The largest absolute Gasteiger partial charge is 0.478 e. The van der Waals surface area contributed by atoms with Crippen molar-refractivity contribution in [3.63, 3.8) is 0 Å². The number of benzene rings is 1. The maximum Gasteiger partial charge on any atom is 0.337 e. The summed E-state index contributed by atoms with van der Waals surface area (Å²) in [4.78, 5) is 13.3. The number of aromatic carboxylic acids is 1. The Labute approximate surface area is 119 Å². The fraction of sp³-hybridized carbons (Fsp3) is 0.533. The first-order valence-electron chi connectivity index (χ1n) is 6.93. The molecule has 1 saturated carbocycles. The van der Waals surface area contributed by atoms with E-state index in [-0.39, 0.29) is 5.56 Å². The molecule has 1 aliphatic rings. The zero-order chi connectivity index (χ0) is 13.8. The minimum absolute atomic E-state index is 0.171. The Hall–Kier alpha value is -1.22. The second-order valence-corrected chi connectivity index (χ2v) is 5.45. The van der Waals surface area contributed by atoms with Crippen LogP contribution in [0, 0.1) is 0 Å². The molecule has 0 atom stereocenters. The molecular weight excluding hydrogens is 262 g/mol. The zero-order valence-electron chi connectivity index (χ0n) is 11.2. The number of rotatable bonds is 4.